The zero-order valence-corrected chi connectivity index (χ0v) is 16.1. The molecule has 0 saturated carbocycles. The summed E-state index contributed by atoms with van der Waals surface area (Å²) in [4.78, 5) is 25.8. The number of thiocarbonyl (C=S) groups is 1. The van der Waals surface area contributed by atoms with E-state index in [1.165, 1.54) is 0 Å². The number of nitrogens with zero attached hydrogens (tertiary/aromatic N) is 1. The zero-order chi connectivity index (χ0) is 19.1. The largest absolute Gasteiger partial charge is 0.548 e. The van der Waals surface area contributed by atoms with Gasteiger partial charge in [0.1, 0.15) is 16.7 Å². The van der Waals surface area contributed by atoms with E-state index in [0.29, 0.717) is 35.7 Å². The summed E-state index contributed by atoms with van der Waals surface area (Å²) in [6.45, 7) is 5.91. The molecule has 1 atom stereocenters. The van der Waals surface area contributed by atoms with Crippen molar-refractivity contribution in [2.24, 2.45) is 0 Å². The molecule has 0 aliphatic carbocycles. The fraction of sp³-hybridized carbons (Fsp3) is 0.316. The fourth-order valence-corrected chi connectivity index (χ4v) is 3.87. The summed E-state index contributed by atoms with van der Waals surface area (Å²) >= 11 is 6.34. The number of benzene rings is 1. The molecule has 7 heteroatoms. The van der Waals surface area contributed by atoms with Crippen LogP contribution in [0.1, 0.15) is 31.7 Å². The standard InChI is InChI=1S/C19H21NO4S2/c1-3-5-9-14(18(22)23)20-17(21)16(26-19(20)25)12-13-8-6-7-10-15(13)24-11-4-2/h4,6-8,10,12,14H,2-3,5,9,11H2,1H3,(H,22,23)/p-1/b16-12-/t14-/m1/s1. The maximum atomic E-state index is 12.8. The van der Waals surface area contributed by atoms with E-state index in [9.17, 15) is 14.7 Å². The number of carboxylic acid groups (broad SMARTS) is 1. The predicted molar refractivity (Wildman–Crippen MR) is 105 cm³/mol. The van der Waals surface area contributed by atoms with Crippen LogP contribution in [0, 0.1) is 0 Å². The Balaban J connectivity index is 2.29. The molecule has 1 aromatic rings. The normalized spacial score (nSPS) is 16.8. The van der Waals surface area contributed by atoms with Crippen molar-refractivity contribution >= 4 is 46.3 Å². The molecule has 1 heterocycles. The molecule has 0 spiro atoms. The Morgan fingerprint density at radius 3 is 2.85 bits per heavy atom. The van der Waals surface area contributed by atoms with Gasteiger partial charge in [-0.25, -0.2) is 0 Å². The highest BCUT2D eigenvalue weighted by Gasteiger charge is 2.37. The van der Waals surface area contributed by atoms with Crippen LogP contribution in [0.4, 0.5) is 0 Å². The maximum Gasteiger partial charge on any atom is 0.266 e. The lowest BCUT2D eigenvalue weighted by molar-refractivity contribution is -0.310. The van der Waals surface area contributed by atoms with Crippen molar-refractivity contribution in [1.29, 1.82) is 0 Å². The fourth-order valence-electron chi connectivity index (χ4n) is 2.52. The number of rotatable bonds is 9. The molecule has 138 valence electrons. The molecule has 26 heavy (non-hydrogen) atoms. The van der Waals surface area contributed by atoms with Gasteiger partial charge in [0.05, 0.1) is 16.9 Å². The third kappa shape index (κ3) is 4.74. The van der Waals surface area contributed by atoms with E-state index < -0.39 is 17.9 Å². The zero-order valence-electron chi connectivity index (χ0n) is 14.5. The van der Waals surface area contributed by atoms with Crippen molar-refractivity contribution < 1.29 is 19.4 Å². The second-order valence-electron chi connectivity index (χ2n) is 5.67. The highest BCUT2D eigenvalue weighted by Crippen LogP contribution is 2.36. The first-order valence-corrected chi connectivity index (χ1v) is 9.52. The van der Waals surface area contributed by atoms with Crippen LogP contribution < -0.4 is 9.84 Å². The van der Waals surface area contributed by atoms with Crippen molar-refractivity contribution in [2.45, 2.75) is 32.2 Å². The summed E-state index contributed by atoms with van der Waals surface area (Å²) in [7, 11) is 0. The van der Waals surface area contributed by atoms with Gasteiger partial charge in [-0.1, -0.05) is 74.6 Å². The summed E-state index contributed by atoms with van der Waals surface area (Å²) in [6, 6.07) is 6.23. The van der Waals surface area contributed by atoms with Crippen molar-refractivity contribution in [3.8, 4) is 5.75 Å². The van der Waals surface area contributed by atoms with Crippen molar-refractivity contribution in [2.75, 3.05) is 6.61 Å². The molecule has 0 bridgehead atoms. The molecule has 1 amide bonds. The number of carbonyl (C=O) groups excluding carboxylic acids is 2. The number of hydrogen-bond donors (Lipinski definition) is 0. The minimum Gasteiger partial charge on any atom is -0.548 e. The number of aliphatic carboxylic acids is 1. The lowest BCUT2D eigenvalue weighted by Crippen LogP contribution is -2.49. The molecule has 1 aliphatic rings. The second-order valence-corrected chi connectivity index (χ2v) is 7.34. The van der Waals surface area contributed by atoms with Crippen molar-refractivity contribution in [3.63, 3.8) is 0 Å². The number of ether oxygens (including phenoxy) is 1. The molecular weight excluding hydrogens is 370 g/mol. The van der Waals surface area contributed by atoms with Gasteiger partial charge < -0.3 is 14.6 Å². The first kappa shape index (κ1) is 20.2. The first-order chi connectivity index (χ1) is 12.5. The molecule has 0 N–H and O–H groups in total. The number of amides is 1. The number of para-hydroxylation sites is 1. The van der Waals surface area contributed by atoms with Gasteiger partial charge in [-0.2, -0.15) is 0 Å². The van der Waals surface area contributed by atoms with Crippen LogP contribution in [0.15, 0.2) is 41.8 Å². The molecule has 2 rings (SSSR count). The Labute approximate surface area is 162 Å². The number of unbranched alkanes of at least 4 members (excludes halogenated alkanes) is 1. The van der Waals surface area contributed by atoms with Crippen LogP contribution >= 0.6 is 24.0 Å². The molecule has 1 aromatic carbocycles. The number of hydrogen-bond acceptors (Lipinski definition) is 6. The first-order valence-electron chi connectivity index (χ1n) is 8.30. The van der Waals surface area contributed by atoms with Gasteiger partial charge in [0.2, 0.25) is 0 Å². The molecule has 0 unspecified atom stereocenters. The lowest BCUT2D eigenvalue weighted by atomic mass is 10.1. The van der Waals surface area contributed by atoms with Crippen LogP contribution in [0.25, 0.3) is 6.08 Å². The van der Waals surface area contributed by atoms with E-state index in [-0.39, 0.29) is 4.32 Å². The molecular formula is C19H20NO4S2-. The highest BCUT2D eigenvalue weighted by molar-refractivity contribution is 8.26. The molecule has 5 nitrogen and oxygen atoms in total. The predicted octanol–water partition coefficient (Wildman–Crippen LogP) is 2.76. The number of carboxylic acids is 1. The van der Waals surface area contributed by atoms with E-state index in [1.54, 1.807) is 18.2 Å². The van der Waals surface area contributed by atoms with Crippen LogP contribution in [0.3, 0.4) is 0 Å². The third-order valence-electron chi connectivity index (χ3n) is 3.80. The van der Waals surface area contributed by atoms with E-state index >= 15 is 0 Å². The average molecular weight is 391 g/mol. The van der Waals surface area contributed by atoms with Crippen LogP contribution in [-0.2, 0) is 9.59 Å². The summed E-state index contributed by atoms with van der Waals surface area (Å²) < 4.78 is 5.82. The highest BCUT2D eigenvalue weighted by atomic mass is 32.2. The smallest absolute Gasteiger partial charge is 0.266 e. The molecule has 1 saturated heterocycles. The van der Waals surface area contributed by atoms with Crippen LogP contribution in [-0.4, -0.2) is 33.7 Å². The lowest BCUT2D eigenvalue weighted by Gasteiger charge is -2.27. The van der Waals surface area contributed by atoms with Gasteiger partial charge in [-0.05, 0) is 18.6 Å². The van der Waals surface area contributed by atoms with E-state index in [0.717, 1.165) is 23.1 Å². The van der Waals surface area contributed by atoms with E-state index in [1.807, 2.05) is 25.1 Å². The van der Waals surface area contributed by atoms with Gasteiger partial charge in [-0.15, -0.1) is 0 Å². The van der Waals surface area contributed by atoms with Gasteiger partial charge >= 0.3 is 0 Å². The van der Waals surface area contributed by atoms with Crippen molar-refractivity contribution in [1.82, 2.24) is 4.90 Å². The van der Waals surface area contributed by atoms with Gasteiger partial charge in [0.25, 0.3) is 5.91 Å². The summed E-state index contributed by atoms with van der Waals surface area (Å²) in [5, 5.41) is 11.5. The SMILES string of the molecule is C=CCOc1ccccc1/C=C1\SC(=S)N([C@H](CCCC)C(=O)[O-])C1=O. The molecule has 0 aromatic heterocycles. The maximum absolute atomic E-state index is 12.8. The van der Waals surface area contributed by atoms with Gasteiger partial charge in [-0.3, -0.25) is 9.69 Å². The third-order valence-corrected chi connectivity index (χ3v) is 5.13. The Bertz CT molecular complexity index is 745. The Morgan fingerprint density at radius 1 is 1.46 bits per heavy atom. The summed E-state index contributed by atoms with van der Waals surface area (Å²) in [5.74, 6) is -1.09. The van der Waals surface area contributed by atoms with Crippen LogP contribution in [0.2, 0.25) is 0 Å². The Hall–Kier alpha value is -2.12. The van der Waals surface area contributed by atoms with E-state index in [2.05, 4.69) is 6.58 Å². The van der Waals surface area contributed by atoms with Crippen molar-refractivity contribution in [3.05, 3.63) is 47.4 Å². The number of thioether (sulfide) groups is 1. The van der Waals surface area contributed by atoms with E-state index in [4.69, 9.17) is 17.0 Å². The quantitative estimate of drug-likeness (QED) is 0.367. The Morgan fingerprint density at radius 2 is 2.19 bits per heavy atom. The summed E-state index contributed by atoms with van der Waals surface area (Å²) in [6.07, 6.45) is 5.12. The molecule has 1 fully saturated rings. The average Bonchev–Trinajstić information content (AvgIpc) is 2.89. The number of carbonyl (C=O) groups is 2. The molecule has 0 radical (unpaired) electrons. The minimum absolute atomic E-state index is 0.232. The van der Waals surface area contributed by atoms with Crippen LogP contribution in [0.5, 0.6) is 5.75 Å². The second kappa shape index (κ2) is 9.54. The summed E-state index contributed by atoms with van der Waals surface area (Å²) in [5.41, 5.74) is 0.716. The van der Waals surface area contributed by atoms with Gasteiger partial charge in [0.15, 0.2) is 0 Å². The van der Waals surface area contributed by atoms with Gasteiger partial charge in [0, 0.05) is 5.56 Å². The Kier molecular flexibility index (Phi) is 7.41. The molecule has 1 aliphatic heterocycles. The topological polar surface area (TPSA) is 69.7 Å². The monoisotopic (exact) mass is 390 g/mol. The minimum atomic E-state index is -1.29.